The summed E-state index contributed by atoms with van der Waals surface area (Å²) >= 11 is 0. The summed E-state index contributed by atoms with van der Waals surface area (Å²) in [5, 5.41) is 0. The minimum absolute atomic E-state index is 0.226. The molecule has 0 bridgehead atoms. The summed E-state index contributed by atoms with van der Waals surface area (Å²) in [6.07, 6.45) is 1.82. The Hall–Kier alpha value is -1.19. The van der Waals surface area contributed by atoms with Crippen molar-refractivity contribution in [1.29, 1.82) is 0 Å². The van der Waals surface area contributed by atoms with Crippen LogP contribution < -0.4 is 0 Å². The van der Waals surface area contributed by atoms with Crippen molar-refractivity contribution in [2.24, 2.45) is 0 Å². The molecule has 110 valence electrons. The molecule has 0 spiro atoms. The Labute approximate surface area is 121 Å². The van der Waals surface area contributed by atoms with Crippen molar-refractivity contribution in [3.8, 4) is 0 Å². The molecule has 1 unspecified atom stereocenters. The van der Waals surface area contributed by atoms with E-state index in [2.05, 4.69) is 37.8 Å². The molecule has 0 saturated carbocycles. The largest absolute Gasteiger partial charge is 0.379 e. The molecule has 1 aliphatic heterocycles. The third-order valence-electron chi connectivity index (χ3n) is 4.51. The highest BCUT2D eigenvalue weighted by molar-refractivity contribution is 6.03. The lowest BCUT2D eigenvalue weighted by Crippen LogP contribution is -2.56. The Balaban J connectivity index is 2.22. The van der Waals surface area contributed by atoms with Gasteiger partial charge in [-0.3, -0.25) is 9.69 Å². The van der Waals surface area contributed by atoms with Gasteiger partial charge < -0.3 is 4.74 Å². The maximum Gasteiger partial charge on any atom is 0.182 e. The lowest BCUT2D eigenvalue weighted by Gasteiger charge is -2.41. The second kappa shape index (κ2) is 6.51. The summed E-state index contributed by atoms with van der Waals surface area (Å²) in [6, 6.07) is 8.05. The number of aryl methyl sites for hydroxylation is 1. The lowest BCUT2D eigenvalue weighted by molar-refractivity contribution is -0.0106. The van der Waals surface area contributed by atoms with Gasteiger partial charge in [0.1, 0.15) is 0 Å². The molecule has 1 fully saturated rings. The van der Waals surface area contributed by atoms with Gasteiger partial charge >= 0.3 is 0 Å². The molecule has 2 rings (SSSR count). The lowest BCUT2D eigenvalue weighted by atomic mass is 9.86. The van der Waals surface area contributed by atoms with Gasteiger partial charge in [-0.05, 0) is 25.3 Å². The van der Waals surface area contributed by atoms with Crippen LogP contribution in [0.25, 0.3) is 0 Å². The Morgan fingerprint density at radius 3 is 2.30 bits per heavy atom. The van der Waals surface area contributed by atoms with Crippen LogP contribution in [0.1, 0.15) is 43.1 Å². The maximum atomic E-state index is 12.9. The third-order valence-corrected chi connectivity index (χ3v) is 4.51. The summed E-state index contributed by atoms with van der Waals surface area (Å²) in [5.41, 5.74) is 1.67. The van der Waals surface area contributed by atoms with Gasteiger partial charge in [0, 0.05) is 18.7 Å². The molecule has 1 aliphatic rings. The van der Waals surface area contributed by atoms with Crippen LogP contribution in [0, 0.1) is 0 Å². The predicted octanol–water partition coefficient (Wildman–Crippen LogP) is 2.93. The predicted molar refractivity (Wildman–Crippen MR) is 81.2 cm³/mol. The van der Waals surface area contributed by atoms with E-state index < -0.39 is 5.54 Å². The SMILES string of the molecule is CCc1ccc(C(=O)C(C)(CC)N2CCOCC2)cc1. The summed E-state index contributed by atoms with van der Waals surface area (Å²) < 4.78 is 5.40. The average Bonchev–Trinajstić information content (AvgIpc) is 2.54. The van der Waals surface area contributed by atoms with E-state index in [1.165, 1.54) is 5.56 Å². The zero-order valence-electron chi connectivity index (χ0n) is 12.8. The normalized spacial score (nSPS) is 19.6. The van der Waals surface area contributed by atoms with Crippen molar-refractivity contribution in [3.63, 3.8) is 0 Å². The number of nitrogens with zero attached hydrogens (tertiary/aromatic N) is 1. The van der Waals surface area contributed by atoms with Gasteiger partial charge in [0.25, 0.3) is 0 Å². The maximum absolute atomic E-state index is 12.9. The fourth-order valence-electron chi connectivity index (χ4n) is 2.79. The number of benzene rings is 1. The fourth-order valence-corrected chi connectivity index (χ4v) is 2.79. The van der Waals surface area contributed by atoms with Crippen LogP contribution in [0.15, 0.2) is 24.3 Å². The van der Waals surface area contributed by atoms with Crippen molar-refractivity contribution >= 4 is 5.78 Å². The average molecular weight is 275 g/mol. The fraction of sp³-hybridized carbons (Fsp3) is 0.588. The van der Waals surface area contributed by atoms with E-state index in [1.807, 2.05) is 12.1 Å². The second-order valence-corrected chi connectivity index (χ2v) is 5.61. The topological polar surface area (TPSA) is 29.5 Å². The first-order chi connectivity index (χ1) is 9.61. The number of ether oxygens (including phenoxy) is 1. The monoisotopic (exact) mass is 275 g/mol. The number of rotatable bonds is 5. The van der Waals surface area contributed by atoms with Crippen molar-refractivity contribution < 1.29 is 9.53 Å². The molecular weight excluding hydrogens is 250 g/mol. The molecule has 0 amide bonds. The Bertz CT molecular complexity index is 449. The molecule has 1 aromatic rings. The van der Waals surface area contributed by atoms with Gasteiger partial charge in [-0.15, -0.1) is 0 Å². The Morgan fingerprint density at radius 2 is 1.80 bits per heavy atom. The van der Waals surface area contributed by atoms with Crippen LogP contribution in [0.2, 0.25) is 0 Å². The molecule has 0 aromatic heterocycles. The molecule has 0 N–H and O–H groups in total. The van der Waals surface area contributed by atoms with Crippen molar-refractivity contribution in [3.05, 3.63) is 35.4 Å². The van der Waals surface area contributed by atoms with Crippen LogP contribution in [0.5, 0.6) is 0 Å². The molecule has 3 nitrogen and oxygen atoms in total. The van der Waals surface area contributed by atoms with E-state index in [4.69, 9.17) is 4.74 Å². The van der Waals surface area contributed by atoms with Crippen LogP contribution in [0.4, 0.5) is 0 Å². The molecule has 3 heteroatoms. The highest BCUT2D eigenvalue weighted by atomic mass is 16.5. The van der Waals surface area contributed by atoms with Gasteiger partial charge in [0.2, 0.25) is 0 Å². The van der Waals surface area contributed by atoms with E-state index in [-0.39, 0.29) is 5.78 Å². The van der Waals surface area contributed by atoms with E-state index in [0.29, 0.717) is 0 Å². The van der Waals surface area contributed by atoms with Crippen molar-refractivity contribution in [1.82, 2.24) is 4.90 Å². The number of Topliss-reactive ketones (excluding diaryl/α,β-unsaturated/α-hetero) is 1. The highest BCUT2D eigenvalue weighted by Gasteiger charge is 2.38. The van der Waals surface area contributed by atoms with Crippen LogP contribution in [-0.4, -0.2) is 42.5 Å². The molecule has 20 heavy (non-hydrogen) atoms. The number of ketones is 1. The third kappa shape index (κ3) is 2.94. The molecule has 1 saturated heterocycles. The quantitative estimate of drug-likeness (QED) is 0.774. The van der Waals surface area contributed by atoms with Gasteiger partial charge in [-0.1, -0.05) is 38.1 Å². The number of carbonyl (C=O) groups excluding carboxylic acids is 1. The first-order valence-electron chi connectivity index (χ1n) is 7.58. The number of carbonyl (C=O) groups is 1. The molecule has 1 aromatic carbocycles. The molecule has 0 aliphatic carbocycles. The van der Waals surface area contributed by atoms with E-state index in [1.54, 1.807) is 0 Å². The van der Waals surface area contributed by atoms with Crippen molar-refractivity contribution in [2.45, 2.75) is 39.2 Å². The zero-order valence-corrected chi connectivity index (χ0v) is 12.8. The second-order valence-electron chi connectivity index (χ2n) is 5.61. The molecular formula is C17H25NO2. The summed E-state index contributed by atoms with van der Waals surface area (Å²) in [7, 11) is 0. The standard InChI is InChI=1S/C17H25NO2/c1-4-14-6-8-15(9-7-14)16(19)17(3,5-2)18-10-12-20-13-11-18/h6-9H,4-5,10-13H2,1-3H3. The summed E-state index contributed by atoms with van der Waals surface area (Å²) in [5.74, 6) is 0.226. The summed E-state index contributed by atoms with van der Waals surface area (Å²) in [6.45, 7) is 9.39. The number of morpholine rings is 1. The Morgan fingerprint density at radius 1 is 1.20 bits per heavy atom. The van der Waals surface area contributed by atoms with Gasteiger partial charge in [0.05, 0.1) is 18.8 Å². The van der Waals surface area contributed by atoms with Crippen molar-refractivity contribution in [2.75, 3.05) is 26.3 Å². The zero-order chi connectivity index (χ0) is 14.6. The number of hydrogen-bond acceptors (Lipinski definition) is 3. The first-order valence-corrected chi connectivity index (χ1v) is 7.58. The summed E-state index contributed by atoms with van der Waals surface area (Å²) in [4.78, 5) is 15.2. The first kappa shape index (κ1) is 15.2. The smallest absolute Gasteiger partial charge is 0.182 e. The van der Waals surface area contributed by atoms with E-state index >= 15 is 0 Å². The van der Waals surface area contributed by atoms with Gasteiger partial charge in [-0.25, -0.2) is 0 Å². The van der Waals surface area contributed by atoms with E-state index in [9.17, 15) is 4.79 Å². The van der Waals surface area contributed by atoms with Gasteiger partial charge in [-0.2, -0.15) is 0 Å². The number of hydrogen-bond donors (Lipinski definition) is 0. The Kier molecular flexibility index (Phi) is 4.95. The van der Waals surface area contributed by atoms with Crippen LogP contribution in [-0.2, 0) is 11.2 Å². The minimum Gasteiger partial charge on any atom is -0.379 e. The molecule has 1 heterocycles. The van der Waals surface area contributed by atoms with E-state index in [0.717, 1.165) is 44.7 Å². The minimum atomic E-state index is -0.419. The molecule has 1 atom stereocenters. The van der Waals surface area contributed by atoms with Crippen LogP contribution >= 0.6 is 0 Å². The molecule has 0 radical (unpaired) electrons. The highest BCUT2D eigenvalue weighted by Crippen LogP contribution is 2.26. The van der Waals surface area contributed by atoms with Gasteiger partial charge in [0.15, 0.2) is 5.78 Å². The van der Waals surface area contributed by atoms with Crippen LogP contribution in [0.3, 0.4) is 0 Å².